The average molecular weight is 335 g/mol. The number of nitrogens with one attached hydrogen (secondary N) is 1. The van der Waals surface area contributed by atoms with Crippen LogP contribution < -0.4 is 10.2 Å². The zero-order chi connectivity index (χ0) is 17.5. The molecule has 7 nitrogen and oxygen atoms in total. The Kier molecular flexibility index (Phi) is 6.54. The van der Waals surface area contributed by atoms with Gasteiger partial charge in [0.2, 0.25) is 5.91 Å². The van der Waals surface area contributed by atoms with Gasteiger partial charge in [-0.15, -0.1) is 0 Å². The number of carbonyl (C=O) groups is 1. The molecule has 1 heterocycles. The van der Waals surface area contributed by atoms with E-state index in [-0.39, 0.29) is 28.5 Å². The van der Waals surface area contributed by atoms with Crippen molar-refractivity contribution in [3.8, 4) is 0 Å². The lowest BCUT2D eigenvalue weighted by Gasteiger charge is -2.32. The van der Waals surface area contributed by atoms with Crippen LogP contribution in [0, 0.1) is 16.0 Å². The Hall–Kier alpha value is -2.15. The van der Waals surface area contributed by atoms with Crippen molar-refractivity contribution >= 4 is 17.3 Å². The summed E-state index contributed by atoms with van der Waals surface area (Å²) in [7, 11) is 0. The van der Waals surface area contributed by atoms with Crippen molar-refractivity contribution in [1.29, 1.82) is 0 Å². The third-order valence-corrected chi connectivity index (χ3v) is 4.53. The molecule has 1 atom stereocenters. The summed E-state index contributed by atoms with van der Waals surface area (Å²) in [5.74, 6) is -0.0525. The molecule has 7 heteroatoms. The molecule has 1 amide bonds. The Labute approximate surface area is 141 Å². The lowest BCUT2D eigenvalue weighted by Crippen LogP contribution is -2.41. The quantitative estimate of drug-likeness (QED) is 0.587. The van der Waals surface area contributed by atoms with Crippen LogP contribution in [0.3, 0.4) is 0 Å². The van der Waals surface area contributed by atoms with E-state index in [9.17, 15) is 20.0 Å². The number of anilines is 1. The summed E-state index contributed by atoms with van der Waals surface area (Å²) >= 11 is 0. The molecule has 2 rings (SSSR count). The van der Waals surface area contributed by atoms with Crippen molar-refractivity contribution in [2.75, 3.05) is 24.5 Å². The van der Waals surface area contributed by atoms with Gasteiger partial charge in [-0.05, 0) is 31.7 Å². The molecule has 1 saturated heterocycles. The molecular weight excluding hydrogens is 310 g/mol. The molecule has 0 saturated carbocycles. The molecule has 24 heavy (non-hydrogen) atoms. The fourth-order valence-electron chi connectivity index (χ4n) is 2.98. The van der Waals surface area contributed by atoms with E-state index < -0.39 is 0 Å². The summed E-state index contributed by atoms with van der Waals surface area (Å²) in [6.45, 7) is 3.64. The third kappa shape index (κ3) is 4.67. The van der Waals surface area contributed by atoms with E-state index in [1.54, 1.807) is 18.2 Å². The van der Waals surface area contributed by atoms with E-state index in [0.717, 1.165) is 0 Å². The van der Waals surface area contributed by atoms with Crippen LogP contribution >= 0.6 is 0 Å². The molecule has 1 aromatic rings. The highest BCUT2D eigenvalue weighted by Crippen LogP contribution is 2.31. The van der Waals surface area contributed by atoms with Crippen molar-refractivity contribution in [3.63, 3.8) is 0 Å². The Morgan fingerprint density at radius 2 is 2.08 bits per heavy atom. The van der Waals surface area contributed by atoms with Gasteiger partial charge in [-0.3, -0.25) is 14.9 Å². The zero-order valence-corrected chi connectivity index (χ0v) is 14.0. The first kappa shape index (κ1) is 18.2. The fraction of sp³-hybridized carbons (Fsp3) is 0.588. The van der Waals surface area contributed by atoms with E-state index in [2.05, 4.69) is 5.32 Å². The number of amides is 1. The van der Waals surface area contributed by atoms with E-state index in [1.807, 2.05) is 11.8 Å². The number of carbonyl (C=O) groups excluding carboxylic acids is 1. The summed E-state index contributed by atoms with van der Waals surface area (Å²) in [6, 6.07) is 6.71. The molecule has 132 valence electrons. The molecule has 0 bridgehead atoms. The molecule has 1 aliphatic rings. The third-order valence-electron chi connectivity index (χ3n) is 4.53. The van der Waals surface area contributed by atoms with Gasteiger partial charge >= 0.3 is 0 Å². The summed E-state index contributed by atoms with van der Waals surface area (Å²) in [4.78, 5) is 24.9. The van der Waals surface area contributed by atoms with E-state index in [4.69, 9.17) is 0 Å². The highest BCUT2D eigenvalue weighted by atomic mass is 16.6. The normalized spacial score (nSPS) is 16.7. The first-order chi connectivity index (χ1) is 11.5. The van der Waals surface area contributed by atoms with Crippen LogP contribution in [-0.2, 0) is 4.79 Å². The van der Waals surface area contributed by atoms with E-state index >= 15 is 0 Å². The summed E-state index contributed by atoms with van der Waals surface area (Å²) in [6.07, 6.45) is 2.23. The average Bonchev–Trinajstić information content (AvgIpc) is 2.61. The Morgan fingerprint density at radius 1 is 1.42 bits per heavy atom. The predicted molar refractivity (Wildman–Crippen MR) is 92.0 cm³/mol. The number of rotatable bonds is 7. The lowest BCUT2D eigenvalue weighted by atomic mass is 9.95. The van der Waals surface area contributed by atoms with Crippen LogP contribution in [0.2, 0.25) is 0 Å². The lowest BCUT2D eigenvalue weighted by molar-refractivity contribution is -0.384. The van der Waals surface area contributed by atoms with E-state index in [0.29, 0.717) is 51.0 Å². The largest absolute Gasteiger partial charge is 0.393 e. The monoisotopic (exact) mass is 335 g/mol. The molecule has 1 fully saturated rings. The number of nitro groups is 1. The number of piperidine rings is 1. The van der Waals surface area contributed by atoms with Gasteiger partial charge in [-0.1, -0.05) is 19.1 Å². The number of aliphatic hydroxyl groups is 1. The number of nitrogens with zero attached hydrogens (tertiary/aromatic N) is 2. The molecule has 0 radical (unpaired) electrons. The number of para-hydroxylation sites is 2. The standard InChI is InChI=1S/C17H25N3O4/c1-2-14(21)7-10-18-17(22)13-8-11-19(12-9-13)15-5-3-4-6-16(15)20(23)24/h3-6,13-14,21H,2,7-12H2,1H3,(H,18,22). The second-order valence-corrected chi connectivity index (χ2v) is 6.15. The van der Waals surface area contributed by atoms with Gasteiger partial charge in [-0.2, -0.15) is 0 Å². The highest BCUT2D eigenvalue weighted by Gasteiger charge is 2.27. The van der Waals surface area contributed by atoms with Crippen molar-refractivity contribution in [3.05, 3.63) is 34.4 Å². The van der Waals surface area contributed by atoms with Crippen molar-refractivity contribution in [1.82, 2.24) is 5.32 Å². The van der Waals surface area contributed by atoms with Crippen LogP contribution in [0.15, 0.2) is 24.3 Å². The maximum Gasteiger partial charge on any atom is 0.292 e. The number of benzene rings is 1. The van der Waals surface area contributed by atoms with Crippen LogP contribution in [0.5, 0.6) is 0 Å². The van der Waals surface area contributed by atoms with Crippen LogP contribution in [-0.4, -0.2) is 41.7 Å². The maximum absolute atomic E-state index is 12.2. The molecule has 0 aromatic heterocycles. The van der Waals surface area contributed by atoms with Gasteiger partial charge in [0, 0.05) is 31.6 Å². The number of aliphatic hydroxyl groups excluding tert-OH is 1. The second kappa shape index (κ2) is 8.63. The fourth-order valence-corrected chi connectivity index (χ4v) is 2.98. The first-order valence-corrected chi connectivity index (χ1v) is 8.47. The SMILES string of the molecule is CCC(O)CCNC(=O)C1CCN(c2ccccc2[N+](=O)[O-])CC1. The van der Waals surface area contributed by atoms with Gasteiger partial charge in [0.15, 0.2) is 0 Å². The van der Waals surface area contributed by atoms with Gasteiger partial charge in [0.25, 0.3) is 5.69 Å². The first-order valence-electron chi connectivity index (χ1n) is 8.47. The maximum atomic E-state index is 12.2. The summed E-state index contributed by atoms with van der Waals surface area (Å²) in [5.41, 5.74) is 0.724. The van der Waals surface area contributed by atoms with Gasteiger partial charge < -0.3 is 15.3 Å². The Morgan fingerprint density at radius 3 is 2.71 bits per heavy atom. The summed E-state index contributed by atoms with van der Waals surface area (Å²) in [5, 5.41) is 23.5. The summed E-state index contributed by atoms with van der Waals surface area (Å²) < 4.78 is 0. The van der Waals surface area contributed by atoms with Crippen LogP contribution in [0.4, 0.5) is 11.4 Å². The van der Waals surface area contributed by atoms with Crippen molar-refractivity contribution < 1.29 is 14.8 Å². The number of nitro benzene ring substituents is 1. The molecule has 0 aliphatic carbocycles. The minimum atomic E-state index is -0.370. The Balaban J connectivity index is 1.85. The van der Waals surface area contributed by atoms with Crippen LogP contribution in [0.25, 0.3) is 0 Å². The predicted octanol–water partition coefficient (Wildman–Crippen LogP) is 2.09. The van der Waals surface area contributed by atoms with Crippen LogP contribution in [0.1, 0.15) is 32.6 Å². The number of hydrogen-bond donors (Lipinski definition) is 2. The molecule has 0 spiro atoms. The topological polar surface area (TPSA) is 95.7 Å². The molecule has 1 aliphatic heterocycles. The minimum Gasteiger partial charge on any atom is -0.393 e. The second-order valence-electron chi connectivity index (χ2n) is 6.15. The van der Waals surface area contributed by atoms with Gasteiger partial charge in [-0.25, -0.2) is 0 Å². The number of hydrogen-bond acceptors (Lipinski definition) is 5. The molecule has 1 aromatic carbocycles. The highest BCUT2D eigenvalue weighted by molar-refractivity contribution is 5.79. The van der Waals surface area contributed by atoms with Crippen molar-refractivity contribution in [2.24, 2.45) is 5.92 Å². The molecule has 2 N–H and O–H groups in total. The van der Waals surface area contributed by atoms with Gasteiger partial charge in [0.05, 0.1) is 11.0 Å². The minimum absolute atomic E-state index is 0.0144. The zero-order valence-electron chi connectivity index (χ0n) is 14.0. The molecule has 1 unspecified atom stereocenters. The van der Waals surface area contributed by atoms with Crippen molar-refractivity contribution in [2.45, 2.75) is 38.7 Å². The van der Waals surface area contributed by atoms with E-state index in [1.165, 1.54) is 6.07 Å². The van der Waals surface area contributed by atoms with Gasteiger partial charge in [0.1, 0.15) is 5.69 Å². The smallest absolute Gasteiger partial charge is 0.292 e. The Bertz CT molecular complexity index is 571. The molecular formula is C17H25N3O4.